The van der Waals surface area contributed by atoms with Gasteiger partial charge in [0.25, 0.3) is 0 Å². The van der Waals surface area contributed by atoms with E-state index in [9.17, 15) is 0 Å². The Balaban J connectivity index is 1.72. The molecule has 0 aromatic heterocycles. The van der Waals surface area contributed by atoms with E-state index in [2.05, 4.69) is 24.0 Å². The van der Waals surface area contributed by atoms with Crippen LogP contribution < -0.4 is 5.32 Å². The van der Waals surface area contributed by atoms with Gasteiger partial charge in [0.05, 0.1) is 0 Å². The summed E-state index contributed by atoms with van der Waals surface area (Å²) in [5.41, 5.74) is 0. The summed E-state index contributed by atoms with van der Waals surface area (Å²) in [6.45, 7) is 2.42. The maximum Gasteiger partial charge on any atom is 0.00853 e. The molecule has 0 spiro atoms. The van der Waals surface area contributed by atoms with Gasteiger partial charge >= 0.3 is 0 Å². The minimum atomic E-state index is 0.836. The van der Waals surface area contributed by atoms with Crippen molar-refractivity contribution in [2.24, 2.45) is 5.92 Å². The van der Waals surface area contributed by atoms with Crippen molar-refractivity contribution in [3.63, 3.8) is 0 Å². The minimum absolute atomic E-state index is 0.836. The minimum Gasteiger partial charge on any atom is -0.311 e. The fourth-order valence-corrected chi connectivity index (χ4v) is 3.96. The molecule has 1 aliphatic carbocycles. The van der Waals surface area contributed by atoms with Gasteiger partial charge in [-0.05, 0) is 49.5 Å². The van der Waals surface area contributed by atoms with Crippen molar-refractivity contribution in [1.82, 2.24) is 5.32 Å². The fraction of sp³-hybridized carbons (Fsp3) is 1.00. The van der Waals surface area contributed by atoms with E-state index >= 15 is 0 Å². The summed E-state index contributed by atoms with van der Waals surface area (Å²) in [5.74, 6) is 3.72. The molecule has 2 aliphatic rings. The highest BCUT2D eigenvalue weighted by atomic mass is 32.2. The molecule has 88 valence electrons. The van der Waals surface area contributed by atoms with Crippen molar-refractivity contribution in [2.45, 2.75) is 64.0 Å². The maximum atomic E-state index is 3.90. The molecule has 15 heavy (non-hydrogen) atoms. The summed E-state index contributed by atoms with van der Waals surface area (Å²) in [5, 5.41) is 3.90. The van der Waals surface area contributed by atoms with Crippen molar-refractivity contribution < 1.29 is 0 Å². The number of hydrogen-bond acceptors (Lipinski definition) is 2. The molecule has 1 nitrogen and oxygen atoms in total. The van der Waals surface area contributed by atoms with Gasteiger partial charge in [-0.1, -0.05) is 19.8 Å². The monoisotopic (exact) mass is 227 g/mol. The molecule has 0 amide bonds. The molecule has 0 aromatic carbocycles. The van der Waals surface area contributed by atoms with Crippen LogP contribution in [0.2, 0.25) is 0 Å². The van der Waals surface area contributed by atoms with E-state index < -0.39 is 0 Å². The summed E-state index contributed by atoms with van der Waals surface area (Å²) in [7, 11) is 0. The van der Waals surface area contributed by atoms with Crippen molar-refractivity contribution in [3.05, 3.63) is 0 Å². The van der Waals surface area contributed by atoms with Crippen LogP contribution in [0, 0.1) is 5.92 Å². The molecule has 1 aliphatic heterocycles. The predicted molar refractivity (Wildman–Crippen MR) is 69.5 cm³/mol. The first-order valence-corrected chi connectivity index (χ1v) is 7.84. The quantitative estimate of drug-likeness (QED) is 0.725. The van der Waals surface area contributed by atoms with E-state index in [4.69, 9.17) is 0 Å². The van der Waals surface area contributed by atoms with Gasteiger partial charge in [-0.15, -0.1) is 0 Å². The van der Waals surface area contributed by atoms with E-state index in [1.807, 2.05) is 0 Å². The van der Waals surface area contributed by atoms with Gasteiger partial charge in [-0.25, -0.2) is 0 Å². The summed E-state index contributed by atoms with van der Waals surface area (Å²) in [6, 6.07) is 1.67. The second-order valence-corrected chi connectivity index (χ2v) is 6.59. The SMILES string of the molecule is CC1CCCC(NC2CCSCC2)CC1. The zero-order valence-electron chi connectivity index (χ0n) is 10.0. The zero-order chi connectivity index (χ0) is 10.5. The molecule has 0 radical (unpaired) electrons. The summed E-state index contributed by atoms with van der Waals surface area (Å²) >= 11 is 2.13. The van der Waals surface area contributed by atoms with Gasteiger partial charge in [-0.2, -0.15) is 11.8 Å². The van der Waals surface area contributed by atoms with Crippen LogP contribution in [0.5, 0.6) is 0 Å². The summed E-state index contributed by atoms with van der Waals surface area (Å²) in [4.78, 5) is 0. The highest BCUT2D eigenvalue weighted by molar-refractivity contribution is 7.99. The van der Waals surface area contributed by atoms with E-state index in [1.54, 1.807) is 0 Å². The molecule has 1 N–H and O–H groups in total. The Labute approximate surface area is 98.8 Å². The average molecular weight is 227 g/mol. The second-order valence-electron chi connectivity index (χ2n) is 5.36. The lowest BCUT2D eigenvalue weighted by Crippen LogP contribution is -2.40. The van der Waals surface area contributed by atoms with Crippen LogP contribution in [0.25, 0.3) is 0 Å². The number of thioether (sulfide) groups is 1. The maximum absolute atomic E-state index is 3.90. The van der Waals surface area contributed by atoms with Crippen molar-refractivity contribution in [3.8, 4) is 0 Å². The first kappa shape index (κ1) is 11.8. The fourth-order valence-electron chi connectivity index (χ4n) is 2.85. The van der Waals surface area contributed by atoms with Gasteiger partial charge in [0.2, 0.25) is 0 Å². The van der Waals surface area contributed by atoms with E-state index in [-0.39, 0.29) is 0 Å². The van der Waals surface area contributed by atoms with Crippen molar-refractivity contribution >= 4 is 11.8 Å². The molecule has 2 heteroatoms. The molecule has 0 bridgehead atoms. The standard InChI is InChI=1S/C13H25NS/c1-11-3-2-4-12(6-5-11)14-13-7-9-15-10-8-13/h11-14H,2-10H2,1H3. The average Bonchev–Trinajstić information content (AvgIpc) is 2.46. The lowest BCUT2D eigenvalue weighted by Gasteiger charge is -2.27. The molecule has 2 atom stereocenters. The largest absolute Gasteiger partial charge is 0.311 e. The lowest BCUT2D eigenvalue weighted by atomic mass is 10.0. The van der Waals surface area contributed by atoms with Gasteiger partial charge in [0.15, 0.2) is 0 Å². The molecule has 1 saturated heterocycles. The Morgan fingerprint density at radius 3 is 2.40 bits per heavy atom. The molecular formula is C13H25NS. The first-order chi connectivity index (χ1) is 7.34. The molecule has 2 unspecified atom stereocenters. The van der Waals surface area contributed by atoms with Crippen LogP contribution in [-0.4, -0.2) is 23.6 Å². The van der Waals surface area contributed by atoms with Crippen LogP contribution in [0.1, 0.15) is 51.9 Å². The second kappa shape index (κ2) is 6.15. The van der Waals surface area contributed by atoms with Crippen LogP contribution in [0.15, 0.2) is 0 Å². The van der Waals surface area contributed by atoms with Gasteiger partial charge in [0.1, 0.15) is 0 Å². The number of nitrogens with one attached hydrogen (secondary N) is 1. The number of rotatable bonds is 2. The third kappa shape index (κ3) is 3.99. The normalized spacial score (nSPS) is 35.0. The molecular weight excluding hydrogens is 202 g/mol. The highest BCUT2D eigenvalue weighted by Gasteiger charge is 2.20. The van der Waals surface area contributed by atoms with Crippen LogP contribution >= 0.6 is 11.8 Å². The Morgan fingerprint density at radius 1 is 0.867 bits per heavy atom. The Kier molecular flexibility index (Phi) is 4.83. The first-order valence-electron chi connectivity index (χ1n) is 6.68. The topological polar surface area (TPSA) is 12.0 Å². The Hall–Kier alpha value is 0.310. The summed E-state index contributed by atoms with van der Waals surface area (Å²) in [6.07, 6.45) is 9.99. The third-order valence-electron chi connectivity index (χ3n) is 3.95. The third-order valence-corrected chi connectivity index (χ3v) is 5.00. The van der Waals surface area contributed by atoms with E-state index in [1.165, 1.54) is 56.5 Å². The van der Waals surface area contributed by atoms with Crippen LogP contribution in [0.4, 0.5) is 0 Å². The number of hydrogen-bond donors (Lipinski definition) is 1. The molecule has 2 rings (SSSR count). The van der Waals surface area contributed by atoms with Crippen molar-refractivity contribution in [1.29, 1.82) is 0 Å². The van der Waals surface area contributed by atoms with Crippen LogP contribution in [-0.2, 0) is 0 Å². The van der Waals surface area contributed by atoms with E-state index in [0.29, 0.717) is 0 Å². The van der Waals surface area contributed by atoms with Gasteiger partial charge in [-0.3, -0.25) is 0 Å². The smallest absolute Gasteiger partial charge is 0.00853 e. The lowest BCUT2D eigenvalue weighted by molar-refractivity contribution is 0.374. The van der Waals surface area contributed by atoms with Gasteiger partial charge < -0.3 is 5.32 Å². The highest BCUT2D eigenvalue weighted by Crippen LogP contribution is 2.24. The molecule has 2 fully saturated rings. The molecule has 1 saturated carbocycles. The van der Waals surface area contributed by atoms with Crippen molar-refractivity contribution in [2.75, 3.05) is 11.5 Å². The Morgan fingerprint density at radius 2 is 1.60 bits per heavy atom. The zero-order valence-corrected chi connectivity index (χ0v) is 10.8. The molecule has 0 aromatic rings. The van der Waals surface area contributed by atoms with Gasteiger partial charge in [0, 0.05) is 12.1 Å². The Bertz CT molecular complexity index is 177. The predicted octanol–water partition coefficient (Wildman–Crippen LogP) is 3.44. The summed E-state index contributed by atoms with van der Waals surface area (Å²) < 4.78 is 0. The van der Waals surface area contributed by atoms with Crippen LogP contribution in [0.3, 0.4) is 0 Å². The molecule has 1 heterocycles. The van der Waals surface area contributed by atoms with E-state index in [0.717, 1.165) is 18.0 Å².